The number of carbonyl (C=O) groups is 1. The second kappa shape index (κ2) is 6.04. The molecule has 1 aliphatic heterocycles. The minimum atomic E-state index is -3.28. The summed E-state index contributed by atoms with van der Waals surface area (Å²) in [7, 11) is -1.42. The summed E-state index contributed by atoms with van der Waals surface area (Å²) in [5.74, 6) is 1.01. The molecule has 0 spiro atoms. The zero-order chi connectivity index (χ0) is 19.8. The summed E-state index contributed by atoms with van der Waals surface area (Å²) in [6, 6.07) is -0.109. The maximum atomic E-state index is 12.2. The second-order valence-electron chi connectivity index (χ2n) is 9.79. The molecule has 6 nitrogen and oxygen atoms in total. The lowest BCUT2D eigenvalue weighted by Crippen LogP contribution is -2.60. The fourth-order valence-corrected chi connectivity index (χ4v) is 8.07. The number of hydrogen-bond donors (Lipinski definition) is 2. The van der Waals surface area contributed by atoms with Crippen LogP contribution in [0.2, 0.25) is 0 Å². The molecule has 0 aromatic rings. The fourth-order valence-electron chi connectivity index (χ4n) is 7.17. The molecule has 2 saturated carbocycles. The quantitative estimate of drug-likeness (QED) is 0.746. The first-order chi connectivity index (χ1) is 12.5. The zero-order valence-corrected chi connectivity index (χ0v) is 17.6. The number of nitrogens with zero attached hydrogens (tertiary/aromatic N) is 1. The molecule has 2 N–H and O–H groups in total. The molecule has 152 valence electrons. The summed E-state index contributed by atoms with van der Waals surface area (Å²) in [4.78, 5) is 14.0. The third-order valence-corrected chi connectivity index (χ3v) is 9.02. The number of allylic oxidation sites excluding steroid dienone is 2. The highest BCUT2D eigenvalue weighted by Gasteiger charge is 2.62. The van der Waals surface area contributed by atoms with E-state index in [1.807, 2.05) is 7.05 Å². The molecule has 0 aromatic carbocycles. The van der Waals surface area contributed by atoms with Crippen molar-refractivity contribution in [2.45, 2.75) is 64.5 Å². The smallest absolute Gasteiger partial charge is 0.226 e. The number of sulfonamides is 1. The molecule has 0 radical (unpaired) electrons. The second-order valence-corrected chi connectivity index (χ2v) is 11.6. The molecule has 3 unspecified atom stereocenters. The van der Waals surface area contributed by atoms with Gasteiger partial charge >= 0.3 is 0 Å². The van der Waals surface area contributed by atoms with Crippen LogP contribution in [-0.4, -0.2) is 49.8 Å². The Morgan fingerprint density at radius 1 is 1.30 bits per heavy atom. The fraction of sp³-hybridized carbons (Fsp3) is 0.850. The van der Waals surface area contributed by atoms with Crippen LogP contribution in [0, 0.1) is 28.6 Å². The molecule has 4 rings (SSSR count). The summed E-state index contributed by atoms with van der Waals surface area (Å²) in [6.07, 6.45) is 7.57. The van der Waals surface area contributed by atoms with Crippen molar-refractivity contribution in [1.82, 2.24) is 9.62 Å². The van der Waals surface area contributed by atoms with Gasteiger partial charge in [0.25, 0.3) is 0 Å². The molecule has 7 atom stereocenters. The van der Waals surface area contributed by atoms with E-state index < -0.39 is 16.1 Å². The van der Waals surface area contributed by atoms with Gasteiger partial charge < -0.3 is 10.0 Å². The highest BCUT2D eigenvalue weighted by molar-refractivity contribution is 7.88. The van der Waals surface area contributed by atoms with Crippen LogP contribution < -0.4 is 4.72 Å². The summed E-state index contributed by atoms with van der Waals surface area (Å²) in [6.45, 7) is 4.37. The van der Waals surface area contributed by atoms with Gasteiger partial charge in [0.2, 0.25) is 15.9 Å². The number of aliphatic hydroxyl groups excluding tert-OH is 1. The molecule has 0 aromatic heterocycles. The van der Waals surface area contributed by atoms with Crippen LogP contribution in [-0.2, 0) is 14.8 Å². The molecule has 7 heteroatoms. The monoisotopic (exact) mass is 396 g/mol. The molecular weight excluding hydrogens is 364 g/mol. The van der Waals surface area contributed by atoms with Crippen molar-refractivity contribution in [3.8, 4) is 0 Å². The van der Waals surface area contributed by atoms with Crippen molar-refractivity contribution in [2.75, 3.05) is 13.3 Å². The summed E-state index contributed by atoms with van der Waals surface area (Å²) in [5.41, 5.74) is 0.669. The molecule has 3 fully saturated rings. The molecule has 1 saturated heterocycles. The van der Waals surface area contributed by atoms with Gasteiger partial charge in [0.05, 0.1) is 12.4 Å². The molecule has 27 heavy (non-hydrogen) atoms. The zero-order valence-electron chi connectivity index (χ0n) is 16.7. The Morgan fingerprint density at radius 2 is 2.00 bits per heavy atom. The van der Waals surface area contributed by atoms with Gasteiger partial charge in [-0.25, -0.2) is 13.1 Å². The minimum absolute atomic E-state index is 0.109. The topological polar surface area (TPSA) is 86.7 Å². The SMILES string of the molecule is CN1C(=O)CC[C@@]2(C)C1=CCC1C2[C@@H](O)C[C@@]2(C)C1CC[C@@H]2NS(C)(=O)=O. The molecule has 1 amide bonds. The Kier molecular flexibility index (Phi) is 4.34. The van der Waals surface area contributed by atoms with Gasteiger partial charge in [0.1, 0.15) is 0 Å². The van der Waals surface area contributed by atoms with Crippen LogP contribution in [0.4, 0.5) is 0 Å². The van der Waals surface area contributed by atoms with Crippen LogP contribution in [0.5, 0.6) is 0 Å². The number of nitrogens with one attached hydrogen (secondary N) is 1. The van der Waals surface area contributed by atoms with Gasteiger partial charge in [-0.3, -0.25) is 4.79 Å². The predicted molar refractivity (Wildman–Crippen MR) is 103 cm³/mol. The minimum Gasteiger partial charge on any atom is -0.393 e. The lowest BCUT2D eigenvalue weighted by Gasteiger charge is -2.60. The van der Waals surface area contributed by atoms with Gasteiger partial charge in [0, 0.05) is 30.6 Å². The van der Waals surface area contributed by atoms with E-state index in [4.69, 9.17) is 0 Å². The van der Waals surface area contributed by atoms with Crippen molar-refractivity contribution in [3.05, 3.63) is 11.8 Å². The van der Waals surface area contributed by atoms with E-state index in [0.717, 1.165) is 31.4 Å². The Labute approximate surface area is 162 Å². The van der Waals surface area contributed by atoms with Gasteiger partial charge in [-0.05, 0) is 55.3 Å². The lowest BCUT2D eigenvalue weighted by atomic mass is 9.48. The molecule has 4 aliphatic rings. The standard InChI is InChI=1S/C20H32N2O4S/c1-19-10-9-17(24)22(3)16(19)8-5-12-13-6-7-15(21-27(4,25)26)20(13,2)11-14(23)18(12)19/h8,12-15,18,21,23H,5-7,9-11H2,1-4H3/t12?,13?,14-,15-,18?,19-,20-/m0/s1. The number of piperidine rings is 1. The number of hydrogen-bond acceptors (Lipinski definition) is 4. The number of rotatable bonds is 2. The van der Waals surface area contributed by atoms with Crippen LogP contribution in [0.3, 0.4) is 0 Å². The number of fused-ring (bicyclic) bond motifs is 5. The van der Waals surface area contributed by atoms with Crippen LogP contribution in [0.25, 0.3) is 0 Å². The van der Waals surface area contributed by atoms with E-state index in [1.54, 1.807) is 4.90 Å². The summed E-state index contributed by atoms with van der Waals surface area (Å²) >= 11 is 0. The van der Waals surface area contributed by atoms with Crippen molar-refractivity contribution < 1.29 is 18.3 Å². The summed E-state index contributed by atoms with van der Waals surface area (Å²) in [5, 5.41) is 11.3. The van der Waals surface area contributed by atoms with E-state index in [1.165, 1.54) is 6.26 Å². The number of carbonyl (C=O) groups excluding carboxylic acids is 1. The first-order valence-electron chi connectivity index (χ1n) is 10.1. The van der Waals surface area contributed by atoms with Crippen LogP contribution in [0.15, 0.2) is 11.8 Å². The lowest BCUT2D eigenvalue weighted by molar-refractivity contribution is -0.145. The van der Waals surface area contributed by atoms with Gasteiger partial charge in [-0.1, -0.05) is 19.9 Å². The summed E-state index contributed by atoms with van der Waals surface area (Å²) < 4.78 is 26.6. The molecule has 0 bridgehead atoms. The van der Waals surface area contributed by atoms with E-state index >= 15 is 0 Å². The van der Waals surface area contributed by atoms with E-state index in [-0.39, 0.29) is 28.7 Å². The van der Waals surface area contributed by atoms with Gasteiger partial charge in [-0.15, -0.1) is 0 Å². The van der Waals surface area contributed by atoms with E-state index in [9.17, 15) is 18.3 Å². The highest BCUT2D eigenvalue weighted by Crippen LogP contribution is 2.64. The van der Waals surface area contributed by atoms with Crippen LogP contribution >= 0.6 is 0 Å². The Hall–Kier alpha value is -0.920. The third kappa shape index (κ3) is 2.80. The Morgan fingerprint density at radius 3 is 2.67 bits per heavy atom. The van der Waals surface area contributed by atoms with E-state index in [0.29, 0.717) is 24.7 Å². The van der Waals surface area contributed by atoms with Crippen molar-refractivity contribution in [3.63, 3.8) is 0 Å². The van der Waals surface area contributed by atoms with E-state index in [2.05, 4.69) is 24.6 Å². The third-order valence-electron chi connectivity index (χ3n) is 8.31. The number of amides is 1. The molecule has 3 aliphatic carbocycles. The average molecular weight is 397 g/mol. The molecule has 1 heterocycles. The van der Waals surface area contributed by atoms with Gasteiger partial charge in [-0.2, -0.15) is 0 Å². The normalized spacial score (nSPS) is 47.1. The van der Waals surface area contributed by atoms with Crippen molar-refractivity contribution in [2.24, 2.45) is 28.6 Å². The predicted octanol–water partition coefficient (Wildman–Crippen LogP) is 1.86. The van der Waals surface area contributed by atoms with Crippen LogP contribution in [0.1, 0.15) is 52.4 Å². The Bertz CT molecular complexity index is 794. The highest BCUT2D eigenvalue weighted by atomic mass is 32.2. The van der Waals surface area contributed by atoms with Crippen molar-refractivity contribution in [1.29, 1.82) is 0 Å². The first kappa shape index (κ1) is 19.4. The Balaban J connectivity index is 1.70. The number of likely N-dealkylation sites (tertiary alicyclic amines) is 1. The van der Waals surface area contributed by atoms with Crippen molar-refractivity contribution >= 4 is 15.9 Å². The first-order valence-corrected chi connectivity index (χ1v) is 12.0. The maximum Gasteiger partial charge on any atom is 0.226 e. The maximum absolute atomic E-state index is 12.2. The molecular formula is C20H32N2O4S. The average Bonchev–Trinajstić information content (AvgIpc) is 2.85. The van der Waals surface area contributed by atoms with Gasteiger partial charge in [0.15, 0.2) is 0 Å². The number of aliphatic hydroxyl groups is 1. The largest absolute Gasteiger partial charge is 0.393 e.